The van der Waals surface area contributed by atoms with Crippen LogP contribution in [0, 0.1) is 13.8 Å². The van der Waals surface area contributed by atoms with E-state index in [0.29, 0.717) is 0 Å². The van der Waals surface area contributed by atoms with E-state index < -0.39 is 0 Å². The van der Waals surface area contributed by atoms with E-state index in [-0.39, 0.29) is 0 Å². The molecule has 10 nitrogen and oxygen atoms in total. The summed E-state index contributed by atoms with van der Waals surface area (Å²) in [5.74, 6) is 1.62. The summed E-state index contributed by atoms with van der Waals surface area (Å²) in [4.78, 5) is 24.1. The van der Waals surface area contributed by atoms with Gasteiger partial charge in [-0.05, 0) is 133 Å². The molecule has 0 saturated heterocycles. The van der Waals surface area contributed by atoms with Gasteiger partial charge in [0.25, 0.3) is 0 Å². The van der Waals surface area contributed by atoms with E-state index in [1.165, 1.54) is 113 Å². The summed E-state index contributed by atoms with van der Waals surface area (Å²) in [6.45, 7) is 4.40. The summed E-state index contributed by atoms with van der Waals surface area (Å²) in [6, 6.07) is 118. The lowest BCUT2D eigenvalue weighted by molar-refractivity contribution is 0.616. The molecule has 0 aliphatic carbocycles. The number of pyridine rings is 1. The fourth-order valence-electron chi connectivity index (χ4n) is 16.5. The van der Waals surface area contributed by atoms with Gasteiger partial charge in [0.05, 0.1) is 67.6 Å². The topological polar surface area (TPSA) is 97.3 Å². The monoisotopic (exact) mass is 1430 g/mol. The molecule has 0 atom stereocenters. The van der Waals surface area contributed by atoms with Gasteiger partial charge in [-0.1, -0.05) is 218 Å². The second-order valence-corrected chi connectivity index (χ2v) is 29.1. The number of nitrogens with zero attached hydrogens (tertiary/aromatic N) is 9. The van der Waals surface area contributed by atoms with Gasteiger partial charge >= 0.3 is 0 Å². The van der Waals surface area contributed by atoms with Crippen LogP contribution in [0.1, 0.15) is 11.3 Å². The molecule has 0 saturated carbocycles. The lowest BCUT2D eigenvalue weighted by Crippen LogP contribution is -2.04. The molecule has 110 heavy (non-hydrogen) atoms. The Morgan fingerprint density at radius 2 is 0.936 bits per heavy atom. The summed E-state index contributed by atoms with van der Waals surface area (Å²) in [6.07, 6.45) is 7.49. The molecule has 9 aromatic heterocycles. The van der Waals surface area contributed by atoms with Crippen LogP contribution in [0.15, 0.2) is 363 Å². The molecular formula is C99H65N9OS. The largest absolute Gasteiger partial charge is 0.464 e. The molecule has 0 unspecified atom stereocenters. The van der Waals surface area contributed by atoms with Crippen LogP contribution in [-0.2, 0) is 0 Å². The van der Waals surface area contributed by atoms with E-state index in [1.807, 2.05) is 53.9 Å². The van der Waals surface area contributed by atoms with Crippen LogP contribution >= 0.6 is 11.3 Å². The van der Waals surface area contributed by atoms with Gasteiger partial charge in [-0.2, -0.15) is 0 Å². The second kappa shape index (κ2) is 26.3. The number of furan rings is 1. The van der Waals surface area contributed by atoms with Crippen molar-refractivity contribution in [2.75, 3.05) is 0 Å². The zero-order valence-corrected chi connectivity index (χ0v) is 60.7. The zero-order valence-electron chi connectivity index (χ0n) is 59.9. The summed E-state index contributed by atoms with van der Waals surface area (Å²) in [5, 5.41) is 17.0. The molecule has 9 heterocycles. The Kier molecular flexibility index (Phi) is 15.3. The Labute approximate surface area is 635 Å². The fraction of sp³-hybridized carbons (Fsp3) is 0.0202. The number of aromatic nitrogens is 9. The average Bonchev–Trinajstić information content (AvgIpc) is 1.58. The van der Waals surface area contributed by atoms with Gasteiger partial charge in [0.1, 0.15) is 17.7 Å². The van der Waals surface area contributed by atoms with Crippen LogP contribution in [0.5, 0.6) is 0 Å². The molecule has 23 aromatic rings. The van der Waals surface area contributed by atoms with Crippen molar-refractivity contribution in [3.63, 3.8) is 0 Å². The van der Waals surface area contributed by atoms with E-state index >= 15 is 0 Å². The van der Waals surface area contributed by atoms with Crippen molar-refractivity contribution in [1.29, 1.82) is 0 Å². The number of hydrogen-bond acceptors (Lipinski definition) is 7. The summed E-state index contributed by atoms with van der Waals surface area (Å²) < 4.78 is 17.7. The zero-order chi connectivity index (χ0) is 72.9. The number of fused-ring (bicyclic) bond motifs is 15. The van der Waals surface area contributed by atoms with Crippen LogP contribution in [0.4, 0.5) is 0 Å². The van der Waals surface area contributed by atoms with E-state index in [1.54, 1.807) is 12.6 Å². The van der Waals surface area contributed by atoms with Gasteiger partial charge in [-0.3, -0.25) is 9.55 Å². The Morgan fingerprint density at radius 1 is 0.327 bits per heavy atom. The molecular weight excluding hydrogens is 1360 g/mol. The highest BCUT2D eigenvalue weighted by molar-refractivity contribution is 7.25. The molecule has 23 rings (SSSR count). The van der Waals surface area contributed by atoms with E-state index in [0.717, 1.165) is 95.1 Å². The minimum absolute atomic E-state index is 0.730. The Morgan fingerprint density at radius 3 is 1.72 bits per heavy atom. The number of thiophene rings is 1. The van der Waals surface area contributed by atoms with Crippen LogP contribution in [-0.4, -0.2) is 43.2 Å². The van der Waals surface area contributed by atoms with Crippen molar-refractivity contribution in [2.45, 2.75) is 13.8 Å². The Balaban J connectivity index is 0.000000106. The summed E-state index contributed by atoms with van der Waals surface area (Å²) in [5.41, 5.74) is 21.9. The van der Waals surface area contributed by atoms with E-state index in [9.17, 15) is 0 Å². The maximum Gasteiger partial charge on any atom is 0.162 e. The number of aryl methyl sites for hydroxylation is 1. The molecule has 0 spiro atoms. The Bertz CT molecular complexity index is 7500. The van der Waals surface area contributed by atoms with Crippen molar-refractivity contribution in [1.82, 2.24) is 43.2 Å². The van der Waals surface area contributed by atoms with Crippen molar-refractivity contribution in [2.24, 2.45) is 0 Å². The molecule has 14 aromatic carbocycles. The van der Waals surface area contributed by atoms with Crippen molar-refractivity contribution >= 4 is 140 Å². The first kappa shape index (κ1) is 64.0. The third-order valence-electron chi connectivity index (χ3n) is 21.8. The van der Waals surface area contributed by atoms with Crippen molar-refractivity contribution in [3.05, 3.63) is 370 Å². The van der Waals surface area contributed by atoms with E-state index in [4.69, 9.17) is 24.4 Å². The number of hydrogen-bond donors (Lipinski definition) is 0. The first-order valence-electron chi connectivity index (χ1n) is 37.0. The minimum Gasteiger partial charge on any atom is -0.464 e. The maximum absolute atomic E-state index is 5.73. The van der Waals surface area contributed by atoms with Crippen LogP contribution < -0.4 is 0 Å². The molecule has 518 valence electrons. The van der Waals surface area contributed by atoms with Crippen LogP contribution in [0.3, 0.4) is 0 Å². The van der Waals surface area contributed by atoms with Crippen molar-refractivity contribution in [3.8, 4) is 68.0 Å². The number of rotatable bonds is 8. The maximum atomic E-state index is 5.73. The molecule has 0 aliphatic heterocycles. The highest BCUT2D eigenvalue weighted by atomic mass is 32.1. The van der Waals surface area contributed by atoms with Crippen molar-refractivity contribution < 1.29 is 4.42 Å². The van der Waals surface area contributed by atoms with Gasteiger partial charge in [0, 0.05) is 138 Å². The lowest BCUT2D eigenvalue weighted by atomic mass is 10.0. The average molecular weight is 1430 g/mol. The highest BCUT2D eigenvalue weighted by Crippen LogP contribution is 2.43. The predicted octanol–water partition coefficient (Wildman–Crippen LogP) is 26.0. The van der Waals surface area contributed by atoms with Crippen LogP contribution in [0.25, 0.3) is 197 Å². The normalized spacial score (nSPS) is 11.7. The molecule has 0 N–H and O–H groups in total. The molecule has 0 aliphatic rings. The standard InChI is InChI=1S/C38H24N4.C32H23N3S.C29H18N2O/c1-2-10-26(11-3-1)38-32-22-28(17-18-33(32)39-24-40-38)42-35-15-7-6-14-30(35)31-23-36-27(21-37(31)42)19-20-41(36)34-16-8-12-25-9-4-5-13-29(25)34;1-20-21(2)35(28-17-26-24-15-9-10-16-29(24)36-30(26)18-25(20)28)31-19-27(22-11-5-3-6-12-22)33-32(34-31)23-13-7-4-8-14-23;1-2-9-23-19(6-1)12-14-30-29(23)21-7-5-8-22(16-21)31-26-11-4-3-10-24(26)25-17-20-13-15-32-28(20)18-27(25)31/h1-24H;3-19H,1-2H3;1-18H. The number of benzene rings is 14. The van der Waals surface area contributed by atoms with Gasteiger partial charge < -0.3 is 18.1 Å². The fourth-order valence-corrected chi connectivity index (χ4v) is 17.6. The van der Waals surface area contributed by atoms with Gasteiger partial charge in [0.15, 0.2) is 5.82 Å². The van der Waals surface area contributed by atoms with Crippen LogP contribution in [0.2, 0.25) is 0 Å². The van der Waals surface area contributed by atoms with Gasteiger partial charge in [0.2, 0.25) is 0 Å². The highest BCUT2D eigenvalue weighted by Gasteiger charge is 2.22. The van der Waals surface area contributed by atoms with Gasteiger partial charge in [-0.25, -0.2) is 19.9 Å². The first-order valence-corrected chi connectivity index (χ1v) is 37.8. The first-order chi connectivity index (χ1) is 54.4. The third kappa shape index (κ3) is 10.8. The second-order valence-electron chi connectivity index (χ2n) is 28.0. The number of para-hydroxylation sites is 2. The molecule has 0 amide bonds. The molecule has 0 radical (unpaired) electrons. The Hall–Kier alpha value is -14.4. The summed E-state index contributed by atoms with van der Waals surface area (Å²) >= 11 is 1.86. The minimum atomic E-state index is 0.730. The summed E-state index contributed by atoms with van der Waals surface area (Å²) in [7, 11) is 0. The predicted molar refractivity (Wildman–Crippen MR) is 457 cm³/mol. The SMILES string of the molecule is Cc1c(C)n(-c2cc(-c3ccccc3)nc(-c3ccccc3)n2)c2cc3c(cc12)sc1ccccc13.c1cc(-c2nccc3ccccc23)cc(-n2c3ccccc3c3cc4ccoc4cc32)c1.c1ccc(-c2ncnc3ccc(-n4c5ccccc5c5cc6c(ccn6-c6cccc7ccccc67)cc54)cc23)cc1. The smallest absolute Gasteiger partial charge is 0.162 e. The molecule has 0 bridgehead atoms. The lowest BCUT2D eigenvalue weighted by Gasteiger charge is -2.12. The van der Waals surface area contributed by atoms with E-state index in [2.05, 4.69) is 341 Å². The molecule has 11 heteroatoms. The third-order valence-corrected chi connectivity index (χ3v) is 22.9. The quantitative estimate of drug-likeness (QED) is 0.150. The van der Waals surface area contributed by atoms with Gasteiger partial charge in [-0.15, -0.1) is 11.3 Å². The molecule has 0 fully saturated rings.